The summed E-state index contributed by atoms with van der Waals surface area (Å²) >= 11 is 0. The number of benzene rings is 1. The maximum absolute atomic E-state index is 4.66. The average molecular weight is 337 g/mol. The number of nitrogens with one attached hydrogen (secondary N) is 1. The van der Waals surface area contributed by atoms with Crippen molar-refractivity contribution in [1.82, 2.24) is 9.97 Å². The minimum Gasteiger partial charge on any atom is -0.372 e. The van der Waals surface area contributed by atoms with Crippen molar-refractivity contribution in [1.29, 1.82) is 0 Å². The molecule has 2 saturated heterocycles. The Labute approximate surface area is 150 Å². The van der Waals surface area contributed by atoms with Gasteiger partial charge >= 0.3 is 0 Å². The van der Waals surface area contributed by atoms with Crippen LogP contribution in [0.2, 0.25) is 0 Å². The zero-order valence-corrected chi connectivity index (χ0v) is 15.0. The van der Waals surface area contributed by atoms with Crippen LogP contribution in [0, 0.1) is 5.92 Å². The molecule has 1 aromatic heterocycles. The Balaban J connectivity index is 1.42. The summed E-state index contributed by atoms with van der Waals surface area (Å²) in [4.78, 5) is 13.8. The fourth-order valence-electron chi connectivity index (χ4n) is 3.66. The molecule has 2 aliphatic rings. The molecule has 3 heterocycles. The Bertz CT molecular complexity index is 685. The van der Waals surface area contributed by atoms with E-state index in [1.807, 2.05) is 12.3 Å². The molecule has 0 saturated carbocycles. The van der Waals surface area contributed by atoms with E-state index >= 15 is 0 Å². The van der Waals surface area contributed by atoms with Gasteiger partial charge < -0.3 is 15.1 Å². The second-order valence-corrected chi connectivity index (χ2v) is 7.28. The Morgan fingerprint density at radius 1 is 0.920 bits per heavy atom. The van der Waals surface area contributed by atoms with Gasteiger partial charge in [-0.2, -0.15) is 4.98 Å². The minimum absolute atomic E-state index is 0.835. The Kier molecular flexibility index (Phi) is 4.72. The van der Waals surface area contributed by atoms with Gasteiger partial charge in [0.25, 0.3) is 0 Å². The molecule has 0 spiro atoms. The highest BCUT2D eigenvalue weighted by Gasteiger charge is 2.16. The summed E-state index contributed by atoms with van der Waals surface area (Å²) < 4.78 is 0. The standard InChI is InChI=1S/C20H27N5/c1-16-9-14-24(15-10-16)18-6-4-17(5-7-18)22-19-8-11-21-20(23-19)25-12-2-3-13-25/h4-8,11,16H,2-3,9-10,12-15H2,1H3,(H,21,22,23). The van der Waals surface area contributed by atoms with Crippen LogP contribution in [0.5, 0.6) is 0 Å². The topological polar surface area (TPSA) is 44.3 Å². The first-order valence-corrected chi connectivity index (χ1v) is 9.48. The van der Waals surface area contributed by atoms with Gasteiger partial charge in [-0.25, -0.2) is 4.98 Å². The van der Waals surface area contributed by atoms with Crippen LogP contribution in [-0.2, 0) is 0 Å². The van der Waals surface area contributed by atoms with Gasteiger partial charge in [0.2, 0.25) is 5.95 Å². The van der Waals surface area contributed by atoms with Crippen molar-refractivity contribution in [3.63, 3.8) is 0 Å². The molecule has 2 aromatic rings. The van der Waals surface area contributed by atoms with Crippen molar-refractivity contribution in [2.24, 2.45) is 5.92 Å². The third-order valence-electron chi connectivity index (χ3n) is 5.32. The lowest BCUT2D eigenvalue weighted by Gasteiger charge is -2.32. The highest BCUT2D eigenvalue weighted by atomic mass is 15.3. The Morgan fingerprint density at radius 3 is 2.36 bits per heavy atom. The summed E-state index contributed by atoms with van der Waals surface area (Å²) in [6, 6.07) is 10.6. The molecule has 0 atom stereocenters. The number of hydrogen-bond acceptors (Lipinski definition) is 5. The maximum atomic E-state index is 4.66. The lowest BCUT2D eigenvalue weighted by atomic mass is 9.99. The molecule has 132 valence electrons. The van der Waals surface area contributed by atoms with E-state index in [0.29, 0.717) is 0 Å². The summed E-state index contributed by atoms with van der Waals surface area (Å²) in [5.74, 6) is 2.55. The monoisotopic (exact) mass is 337 g/mol. The van der Waals surface area contributed by atoms with Crippen LogP contribution in [0.3, 0.4) is 0 Å². The van der Waals surface area contributed by atoms with Crippen LogP contribution in [0.4, 0.5) is 23.1 Å². The molecule has 25 heavy (non-hydrogen) atoms. The highest BCUT2D eigenvalue weighted by Crippen LogP contribution is 2.25. The minimum atomic E-state index is 0.835. The second-order valence-electron chi connectivity index (χ2n) is 7.28. The summed E-state index contributed by atoms with van der Waals surface area (Å²) in [5, 5.41) is 3.41. The molecular formula is C20H27N5. The zero-order chi connectivity index (χ0) is 17.1. The largest absolute Gasteiger partial charge is 0.372 e. The lowest BCUT2D eigenvalue weighted by molar-refractivity contribution is 0.438. The van der Waals surface area contributed by atoms with Crippen molar-refractivity contribution in [2.45, 2.75) is 32.6 Å². The van der Waals surface area contributed by atoms with Gasteiger partial charge in [0, 0.05) is 43.8 Å². The van der Waals surface area contributed by atoms with Crippen LogP contribution in [0.1, 0.15) is 32.6 Å². The van der Waals surface area contributed by atoms with E-state index in [-0.39, 0.29) is 0 Å². The lowest BCUT2D eigenvalue weighted by Crippen LogP contribution is -2.32. The molecule has 2 fully saturated rings. The normalized spacial score (nSPS) is 18.6. The van der Waals surface area contributed by atoms with Gasteiger partial charge in [0.15, 0.2) is 0 Å². The number of aromatic nitrogens is 2. The molecule has 5 nitrogen and oxygen atoms in total. The van der Waals surface area contributed by atoms with Crippen LogP contribution in [-0.4, -0.2) is 36.1 Å². The van der Waals surface area contributed by atoms with Crippen molar-refractivity contribution >= 4 is 23.1 Å². The van der Waals surface area contributed by atoms with E-state index in [9.17, 15) is 0 Å². The first kappa shape index (κ1) is 16.2. The molecule has 0 radical (unpaired) electrons. The third kappa shape index (κ3) is 3.86. The molecule has 0 amide bonds. The number of hydrogen-bond donors (Lipinski definition) is 1. The molecule has 0 aliphatic carbocycles. The molecule has 5 heteroatoms. The van der Waals surface area contributed by atoms with Crippen LogP contribution >= 0.6 is 0 Å². The molecule has 1 aromatic carbocycles. The van der Waals surface area contributed by atoms with Gasteiger partial charge in [-0.1, -0.05) is 6.92 Å². The van der Waals surface area contributed by atoms with E-state index in [1.165, 1.54) is 44.5 Å². The number of anilines is 4. The molecule has 0 bridgehead atoms. The van der Waals surface area contributed by atoms with E-state index in [0.717, 1.165) is 36.5 Å². The van der Waals surface area contributed by atoms with Crippen molar-refractivity contribution in [3.8, 4) is 0 Å². The predicted octanol–water partition coefficient (Wildman–Crippen LogP) is 4.06. The van der Waals surface area contributed by atoms with E-state index in [1.54, 1.807) is 0 Å². The second kappa shape index (κ2) is 7.30. The molecule has 1 N–H and O–H groups in total. The fraction of sp³-hybridized carbons (Fsp3) is 0.500. The number of piperidine rings is 1. The van der Waals surface area contributed by atoms with Gasteiger partial charge in [-0.3, -0.25) is 0 Å². The SMILES string of the molecule is CC1CCN(c2ccc(Nc3ccnc(N4CCCC4)n3)cc2)CC1. The molecule has 2 aliphatic heterocycles. The Hall–Kier alpha value is -2.30. The fourth-order valence-corrected chi connectivity index (χ4v) is 3.66. The van der Waals surface area contributed by atoms with Gasteiger partial charge in [-0.05, 0) is 61.9 Å². The summed E-state index contributed by atoms with van der Waals surface area (Å²) in [5.41, 5.74) is 2.39. The summed E-state index contributed by atoms with van der Waals surface area (Å²) in [7, 11) is 0. The molecule has 4 rings (SSSR count). The zero-order valence-electron chi connectivity index (χ0n) is 15.0. The summed E-state index contributed by atoms with van der Waals surface area (Å²) in [6.45, 7) is 6.81. The molecular weight excluding hydrogens is 310 g/mol. The maximum Gasteiger partial charge on any atom is 0.227 e. The van der Waals surface area contributed by atoms with Gasteiger partial charge in [0.1, 0.15) is 5.82 Å². The molecule has 0 unspecified atom stereocenters. The van der Waals surface area contributed by atoms with Crippen molar-refractivity contribution in [2.75, 3.05) is 41.3 Å². The average Bonchev–Trinajstić information content (AvgIpc) is 3.18. The van der Waals surface area contributed by atoms with E-state index in [2.05, 4.69) is 56.3 Å². The van der Waals surface area contributed by atoms with Crippen molar-refractivity contribution < 1.29 is 0 Å². The smallest absolute Gasteiger partial charge is 0.227 e. The predicted molar refractivity (Wildman–Crippen MR) is 104 cm³/mol. The van der Waals surface area contributed by atoms with Crippen LogP contribution < -0.4 is 15.1 Å². The van der Waals surface area contributed by atoms with Crippen LogP contribution in [0.15, 0.2) is 36.5 Å². The first-order chi connectivity index (χ1) is 12.3. The first-order valence-electron chi connectivity index (χ1n) is 9.48. The summed E-state index contributed by atoms with van der Waals surface area (Å²) in [6.07, 6.45) is 6.89. The highest BCUT2D eigenvalue weighted by molar-refractivity contribution is 5.61. The van der Waals surface area contributed by atoms with Gasteiger partial charge in [0.05, 0.1) is 0 Å². The van der Waals surface area contributed by atoms with E-state index < -0.39 is 0 Å². The van der Waals surface area contributed by atoms with Gasteiger partial charge in [-0.15, -0.1) is 0 Å². The van der Waals surface area contributed by atoms with E-state index in [4.69, 9.17) is 0 Å². The quantitative estimate of drug-likeness (QED) is 0.911. The number of nitrogens with zero attached hydrogens (tertiary/aromatic N) is 4. The van der Waals surface area contributed by atoms with Crippen molar-refractivity contribution in [3.05, 3.63) is 36.5 Å². The van der Waals surface area contributed by atoms with Crippen LogP contribution in [0.25, 0.3) is 0 Å². The number of rotatable bonds is 4. The Morgan fingerprint density at radius 2 is 1.64 bits per heavy atom. The third-order valence-corrected chi connectivity index (χ3v) is 5.32.